The average molecular weight is 230 g/mol. The van der Waals surface area contributed by atoms with Gasteiger partial charge in [-0.05, 0) is 43.5 Å². The number of nitrogens with zero attached hydrogens (tertiary/aromatic N) is 1. The Labute approximate surface area is 99.3 Å². The molecular weight excluding hydrogens is 216 g/mol. The van der Waals surface area contributed by atoms with Gasteiger partial charge in [-0.15, -0.1) is 0 Å². The number of nitrogens with one attached hydrogen (secondary N) is 1. The second kappa shape index (κ2) is 4.14. The maximum absolute atomic E-state index is 11.4. The third-order valence-electron chi connectivity index (χ3n) is 3.05. The zero-order chi connectivity index (χ0) is 12.6. The van der Waals surface area contributed by atoms with Gasteiger partial charge in [-0.25, -0.2) is 10.5 Å². The summed E-state index contributed by atoms with van der Waals surface area (Å²) in [5.74, 6) is -0.587. The Bertz CT molecular complexity index is 606. The van der Waals surface area contributed by atoms with E-state index < -0.39 is 5.91 Å². The summed E-state index contributed by atoms with van der Waals surface area (Å²) in [4.78, 5) is 15.7. The number of carbonyl (C=O) groups is 1. The highest BCUT2D eigenvalue weighted by atomic mass is 16.5. The topological polar surface area (TPSA) is 62.2 Å². The fourth-order valence-corrected chi connectivity index (χ4v) is 1.87. The van der Waals surface area contributed by atoms with E-state index in [0.29, 0.717) is 0 Å². The fraction of sp³-hybridized carbons (Fsp3) is 0.231. The first-order valence-electron chi connectivity index (χ1n) is 5.36. The van der Waals surface area contributed by atoms with E-state index in [1.54, 1.807) is 11.5 Å². The van der Waals surface area contributed by atoms with Crippen molar-refractivity contribution < 1.29 is 10.0 Å². The molecule has 1 heterocycles. The molecule has 2 rings (SSSR count). The molecule has 1 aromatic carbocycles. The van der Waals surface area contributed by atoms with E-state index >= 15 is 0 Å². The van der Waals surface area contributed by atoms with Crippen LogP contribution in [-0.4, -0.2) is 16.1 Å². The second-order valence-corrected chi connectivity index (χ2v) is 4.17. The highest BCUT2D eigenvalue weighted by Crippen LogP contribution is 2.23. The molecule has 0 unspecified atom stereocenters. The van der Waals surface area contributed by atoms with Crippen LogP contribution in [0.3, 0.4) is 0 Å². The molecule has 0 spiro atoms. The third-order valence-corrected chi connectivity index (χ3v) is 3.05. The van der Waals surface area contributed by atoms with Gasteiger partial charge in [0.15, 0.2) is 0 Å². The number of hydroxylamine groups is 1. The summed E-state index contributed by atoms with van der Waals surface area (Å²) >= 11 is 0. The number of benzene rings is 1. The standard InChI is InChI=1S/C13H14N2O2/c1-7-4-5-10-8(2)6-11(13(16)15-17)14-12(10)9(7)3/h4-6,17H,1-3H3,(H,15,16). The molecule has 0 aliphatic carbocycles. The number of aromatic nitrogens is 1. The lowest BCUT2D eigenvalue weighted by atomic mass is 10.0. The summed E-state index contributed by atoms with van der Waals surface area (Å²) in [6.45, 7) is 5.91. The minimum Gasteiger partial charge on any atom is -0.288 e. The van der Waals surface area contributed by atoms with Crippen LogP contribution in [-0.2, 0) is 0 Å². The predicted octanol–water partition coefficient (Wildman–Crippen LogP) is 2.28. The zero-order valence-corrected chi connectivity index (χ0v) is 10.0. The summed E-state index contributed by atoms with van der Waals surface area (Å²) in [7, 11) is 0. The number of pyridine rings is 1. The van der Waals surface area contributed by atoms with Gasteiger partial charge >= 0.3 is 0 Å². The highest BCUT2D eigenvalue weighted by Gasteiger charge is 2.11. The predicted molar refractivity (Wildman–Crippen MR) is 65.2 cm³/mol. The van der Waals surface area contributed by atoms with Crippen molar-refractivity contribution in [2.75, 3.05) is 0 Å². The fourth-order valence-electron chi connectivity index (χ4n) is 1.87. The molecule has 0 saturated carbocycles. The van der Waals surface area contributed by atoms with Crippen molar-refractivity contribution >= 4 is 16.8 Å². The van der Waals surface area contributed by atoms with Gasteiger partial charge in [-0.2, -0.15) is 0 Å². The van der Waals surface area contributed by atoms with Crippen molar-refractivity contribution in [3.8, 4) is 0 Å². The molecule has 0 fully saturated rings. The largest absolute Gasteiger partial charge is 0.293 e. The molecule has 0 bridgehead atoms. The molecule has 88 valence electrons. The van der Waals surface area contributed by atoms with E-state index in [9.17, 15) is 4.79 Å². The lowest BCUT2D eigenvalue weighted by molar-refractivity contribution is 0.0701. The van der Waals surface area contributed by atoms with Gasteiger partial charge in [-0.1, -0.05) is 12.1 Å². The Balaban J connectivity index is 2.79. The number of fused-ring (bicyclic) bond motifs is 1. The van der Waals surface area contributed by atoms with Gasteiger partial charge in [0.1, 0.15) is 5.69 Å². The molecule has 0 aliphatic rings. The van der Waals surface area contributed by atoms with Crippen molar-refractivity contribution in [3.05, 3.63) is 40.6 Å². The molecule has 17 heavy (non-hydrogen) atoms. The SMILES string of the molecule is Cc1ccc2c(C)cc(C(=O)NO)nc2c1C. The lowest BCUT2D eigenvalue weighted by Gasteiger charge is -2.09. The Morgan fingerprint density at radius 3 is 2.59 bits per heavy atom. The Hall–Kier alpha value is -1.94. The number of rotatable bonds is 1. The Morgan fingerprint density at radius 1 is 1.24 bits per heavy atom. The summed E-state index contributed by atoms with van der Waals surface area (Å²) in [5.41, 5.74) is 5.80. The van der Waals surface area contributed by atoms with E-state index in [4.69, 9.17) is 5.21 Å². The maximum atomic E-state index is 11.4. The molecule has 4 heteroatoms. The first-order valence-corrected chi connectivity index (χ1v) is 5.36. The van der Waals surface area contributed by atoms with Crippen molar-refractivity contribution in [3.63, 3.8) is 0 Å². The van der Waals surface area contributed by atoms with Gasteiger partial charge in [0, 0.05) is 5.39 Å². The molecule has 4 nitrogen and oxygen atoms in total. The number of hydrogen-bond donors (Lipinski definition) is 2. The van der Waals surface area contributed by atoms with Crippen LogP contribution < -0.4 is 5.48 Å². The lowest BCUT2D eigenvalue weighted by Crippen LogP contribution is -2.20. The summed E-state index contributed by atoms with van der Waals surface area (Å²) < 4.78 is 0. The molecule has 1 amide bonds. The molecule has 1 aromatic heterocycles. The quantitative estimate of drug-likeness (QED) is 0.583. The molecule has 0 saturated heterocycles. The van der Waals surface area contributed by atoms with Crippen LogP contribution in [0.25, 0.3) is 10.9 Å². The number of carbonyl (C=O) groups excluding carboxylic acids is 1. The van der Waals surface area contributed by atoms with Crippen molar-refractivity contribution in [1.29, 1.82) is 0 Å². The van der Waals surface area contributed by atoms with E-state index in [-0.39, 0.29) is 5.69 Å². The Kier molecular flexibility index (Phi) is 2.81. The summed E-state index contributed by atoms with van der Waals surface area (Å²) in [6.07, 6.45) is 0. The summed E-state index contributed by atoms with van der Waals surface area (Å²) in [5, 5.41) is 9.67. The van der Waals surface area contributed by atoms with E-state index in [1.807, 2.05) is 32.9 Å². The van der Waals surface area contributed by atoms with E-state index in [1.165, 1.54) is 0 Å². The van der Waals surface area contributed by atoms with Gasteiger partial charge in [0.2, 0.25) is 0 Å². The van der Waals surface area contributed by atoms with Gasteiger partial charge < -0.3 is 0 Å². The molecule has 2 aromatic rings. The molecular formula is C13H14N2O2. The molecule has 0 aliphatic heterocycles. The number of hydrogen-bond acceptors (Lipinski definition) is 3. The van der Waals surface area contributed by atoms with Crippen molar-refractivity contribution in [2.45, 2.75) is 20.8 Å². The van der Waals surface area contributed by atoms with Gasteiger partial charge in [0.05, 0.1) is 5.52 Å². The van der Waals surface area contributed by atoms with E-state index in [0.717, 1.165) is 27.6 Å². The number of aryl methyl sites for hydroxylation is 3. The normalized spacial score (nSPS) is 10.6. The van der Waals surface area contributed by atoms with Crippen LogP contribution in [0.2, 0.25) is 0 Å². The third kappa shape index (κ3) is 1.87. The molecule has 2 N–H and O–H groups in total. The smallest absolute Gasteiger partial charge is 0.288 e. The maximum Gasteiger partial charge on any atom is 0.293 e. The first-order chi connectivity index (χ1) is 8.04. The minimum absolute atomic E-state index is 0.228. The Morgan fingerprint density at radius 2 is 1.94 bits per heavy atom. The number of amides is 1. The van der Waals surface area contributed by atoms with Gasteiger partial charge in [0.25, 0.3) is 5.91 Å². The zero-order valence-electron chi connectivity index (χ0n) is 10.0. The van der Waals surface area contributed by atoms with Crippen LogP contribution in [0.1, 0.15) is 27.2 Å². The second-order valence-electron chi connectivity index (χ2n) is 4.17. The van der Waals surface area contributed by atoms with Crippen LogP contribution in [0.4, 0.5) is 0 Å². The summed E-state index contributed by atoms with van der Waals surface area (Å²) in [6, 6.07) is 5.71. The van der Waals surface area contributed by atoms with Gasteiger partial charge in [-0.3, -0.25) is 10.0 Å². The minimum atomic E-state index is -0.587. The van der Waals surface area contributed by atoms with Crippen LogP contribution >= 0.6 is 0 Å². The highest BCUT2D eigenvalue weighted by molar-refractivity contribution is 5.96. The van der Waals surface area contributed by atoms with Crippen LogP contribution in [0.15, 0.2) is 18.2 Å². The molecule has 0 atom stereocenters. The monoisotopic (exact) mass is 230 g/mol. The average Bonchev–Trinajstić information content (AvgIpc) is 2.33. The van der Waals surface area contributed by atoms with Crippen molar-refractivity contribution in [2.24, 2.45) is 0 Å². The van der Waals surface area contributed by atoms with Crippen molar-refractivity contribution in [1.82, 2.24) is 10.5 Å². The first kappa shape index (κ1) is 11.5. The molecule has 0 radical (unpaired) electrons. The van der Waals surface area contributed by atoms with E-state index in [2.05, 4.69) is 4.98 Å². The van der Waals surface area contributed by atoms with Crippen LogP contribution in [0.5, 0.6) is 0 Å². The van der Waals surface area contributed by atoms with Crippen LogP contribution in [0, 0.1) is 20.8 Å².